The van der Waals surface area contributed by atoms with Gasteiger partial charge in [-0.15, -0.1) is 0 Å². The normalized spacial score (nSPS) is 15.5. The van der Waals surface area contributed by atoms with Gasteiger partial charge in [-0.05, 0) is 6.07 Å². The van der Waals surface area contributed by atoms with Crippen LogP contribution in [0.15, 0.2) is 29.4 Å². The van der Waals surface area contributed by atoms with Gasteiger partial charge in [0.2, 0.25) is 5.88 Å². The molecule has 1 fully saturated rings. The van der Waals surface area contributed by atoms with Gasteiger partial charge in [0.15, 0.2) is 23.4 Å². The Morgan fingerprint density at radius 2 is 1.91 bits per heavy atom. The molecule has 0 saturated carbocycles. The number of nitrogens with zero attached hydrogens (tertiary/aromatic N) is 3. The van der Waals surface area contributed by atoms with E-state index in [-0.39, 0.29) is 35.4 Å². The summed E-state index contributed by atoms with van der Waals surface area (Å²) in [5, 5.41) is 2.81. The summed E-state index contributed by atoms with van der Waals surface area (Å²) in [5.74, 6) is -3.15. The number of hydrogen-bond donors (Lipinski definition) is 2. The summed E-state index contributed by atoms with van der Waals surface area (Å²) in [7, 11) is -4.04. The van der Waals surface area contributed by atoms with Crippen molar-refractivity contribution in [2.45, 2.75) is 17.1 Å². The molecule has 2 heterocycles. The molecule has 176 valence electrons. The molecule has 1 aliphatic heterocycles. The molecule has 3 rings (SSSR count). The third-order valence-electron chi connectivity index (χ3n) is 4.10. The van der Waals surface area contributed by atoms with Crippen molar-refractivity contribution in [1.29, 1.82) is 0 Å². The van der Waals surface area contributed by atoms with E-state index in [4.69, 9.17) is 0 Å². The summed E-state index contributed by atoms with van der Waals surface area (Å²) >= 11 is 0.771. The lowest BCUT2D eigenvalue weighted by atomic mass is 10.2. The number of ether oxygens (including phenoxy) is 1. The van der Waals surface area contributed by atoms with E-state index >= 15 is 0 Å². The maximum absolute atomic E-state index is 13.9. The van der Waals surface area contributed by atoms with Gasteiger partial charge in [0.05, 0.1) is 0 Å². The molecule has 15 heteroatoms. The number of anilines is 1. The first kappa shape index (κ1) is 24.4. The summed E-state index contributed by atoms with van der Waals surface area (Å²) in [6.45, 7) is -0.400. The van der Waals surface area contributed by atoms with E-state index in [1.54, 1.807) is 0 Å². The Bertz CT molecular complexity index is 1050. The molecule has 0 atom stereocenters. The highest BCUT2D eigenvalue weighted by molar-refractivity contribution is 7.98. The molecule has 0 spiro atoms. The molecule has 1 aliphatic rings. The maximum atomic E-state index is 13.9. The van der Waals surface area contributed by atoms with E-state index in [0.717, 1.165) is 28.2 Å². The molecule has 0 amide bonds. The minimum Gasteiger partial charge on any atom is -0.468 e. The van der Waals surface area contributed by atoms with E-state index in [9.17, 15) is 30.4 Å². The monoisotopic (exact) mass is 499 g/mol. The number of halogens is 5. The molecular weight excluding hydrogens is 481 g/mol. The topological polar surface area (TPSA) is 96.5 Å². The van der Waals surface area contributed by atoms with Gasteiger partial charge in [0.1, 0.15) is 5.82 Å². The van der Waals surface area contributed by atoms with Gasteiger partial charge in [-0.3, -0.25) is 4.72 Å². The molecule has 1 aromatic carbocycles. The molecular formula is C17H18F5N5O3S2. The van der Waals surface area contributed by atoms with Crippen LogP contribution in [0.25, 0.3) is 0 Å². The van der Waals surface area contributed by atoms with E-state index in [0.29, 0.717) is 13.1 Å². The summed E-state index contributed by atoms with van der Waals surface area (Å²) in [6.07, 6.45) is -4.65. The average Bonchev–Trinajstić information content (AvgIpc) is 2.73. The molecule has 0 unspecified atom stereocenters. The van der Waals surface area contributed by atoms with Crippen LogP contribution in [0.5, 0.6) is 5.88 Å². The van der Waals surface area contributed by atoms with Gasteiger partial charge in [-0.2, -0.15) is 30.9 Å². The fraction of sp³-hybridized carbons (Fsp3) is 0.412. The Balaban J connectivity index is 1.82. The fourth-order valence-corrected chi connectivity index (χ4v) is 4.62. The van der Waals surface area contributed by atoms with Crippen molar-refractivity contribution in [3.8, 4) is 5.88 Å². The number of alkyl halides is 3. The van der Waals surface area contributed by atoms with E-state index in [2.05, 4.69) is 24.7 Å². The van der Waals surface area contributed by atoms with Crippen LogP contribution in [-0.2, 0) is 16.0 Å². The zero-order chi connectivity index (χ0) is 23.4. The lowest BCUT2D eigenvalue weighted by Crippen LogP contribution is -2.48. The zero-order valence-electron chi connectivity index (χ0n) is 16.3. The SMILES string of the molecule is O=S(=O)(Nc1cc(OCC(F)(F)F)nc(SCc2cccc(F)c2F)n1)N1CCNCC1. The van der Waals surface area contributed by atoms with Crippen molar-refractivity contribution in [3.63, 3.8) is 0 Å². The number of thioether (sulfide) groups is 1. The third kappa shape index (κ3) is 6.88. The number of aromatic nitrogens is 2. The van der Waals surface area contributed by atoms with Gasteiger partial charge in [-0.25, -0.2) is 13.8 Å². The Morgan fingerprint density at radius 3 is 2.59 bits per heavy atom. The van der Waals surface area contributed by atoms with Crippen LogP contribution in [-0.4, -0.2) is 61.7 Å². The Hall–Kier alpha value is -2.23. The van der Waals surface area contributed by atoms with E-state index in [1.807, 2.05) is 0 Å². The van der Waals surface area contributed by atoms with Crippen molar-refractivity contribution >= 4 is 27.8 Å². The lowest BCUT2D eigenvalue weighted by molar-refractivity contribution is -0.154. The van der Waals surface area contributed by atoms with Gasteiger partial charge in [-0.1, -0.05) is 23.9 Å². The summed E-state index contributed by atoms with van der Waals surface area (Å²) in [5.41, 5.74) is -0.0249. The first-order chi connectivity index (χ1) is 15.0. The number of rotatable bonds is 8. The van der Waals surface area contributed by atoms with Crippen molar-refractivity contribution in [3.05, 3.63) is 41.5 Å². The first-order valence-electron chi connectivity index (χ1n) is 9.16. The second-order valence-electron chi connectivity index (χ2n) is 6.54. The predicted molar refractivity (Wildman–Crippen MR) is 106 cm³/mol. The highest BCUT2D eigenvalue weighted by Gasteiger charge is 2.29. The highest BCUT2D eigenvalue weighted by Crippen LogP contribution is 2.27. The minimum atomic E-state index is -4.65. The molecule has 2 aromatic rings. The molecule has 0 radical (unpaired) electrons. The molecule has 1 aromatic heterocycles. The highest BCUT2D eigenvalue weighted by atomic mass is 32.2. The van der Waals surface area contributed by atoms with Gasteiger partial charge in [0.25, 0.3) is 0 Å². The van der Waals surface area contributed by atoms with Crippen LogP contribution >= 0.6 is 11.8 Å². The quantitative estimate of drug-likeness (QED) is 0.327. The molecule has 2 N–H and O–H groups in total. The van der Waals surface area contributed by atoms with Crippen molar-refractivity contribution in [2.75, 3.05) is 37.5 Å². The number of benzene rings is 1. The second kappa shape index (κ2) is 10.1. The van der Waals surface area contributed by atoms with Crippen LogP contribution in [0.3, 0.4) is 0 Å². The molecule has 0 bridgehead atoms. The van der Waals surface area contributed by atoms with Gasteiger partial charge >= 0.3 is 16.4 Å². The Morgan fingerprint density at radius 1 is 1.19 bits per heavy atom. The van der Waals surface area contributed by atoms with Crippen LogP contribution in [0, 0.1) is 11.6 Å². The third-order valence-corrected chi connectivity index (χ3v) is 6.51. The van der Waals surface area contributed by atoms with Crippen molar-refractivity contribution < 1.29 is 35.1 Å². The average molecular weight is 499 g/mol. The van der Waals surface area contributed by atoms with E-state index in [1.165, 1.54) is 12.1 Å². The zero-order valence-corrected chi connectivity index (χ0v) is 18.0. The van der Waals surface area contributed by atoms with Crippen LogP contribution in [0.4, 0.5) is 27.8 Å². The Kier molecular flexibility index (Phi) is 7.74. The van der Waals surface area contributed by atoms with Gasteiger partial charge < -0.3 is 10.1 Å². The summed E-state index contributed by atoms with van der Waals surface area (Å²) in [4.78, 5) is 7.77. The maximum Gasteiger partial charge on any atom is 0.422 e. The number of nitrogens with one attached hydrogen (secondary N) is 2. The number of piperazine rings is 1. The summed E-state index contributed by atoms with van der Waals surface area (Å²) in [6, 6.07) is 4.47. The van der Waals surface area contributed by atoms with Crippen LogP contribution in [0.2, 0.25) is 0 Å². The molecule has 0 aliphatic carbocycles. The van der Waals surface area contributed by atoms with Crippen molar-refractivity contribution in [1.82, 2.24) is 19.6 Å². The van der Waals surface area contributed by atoms with Gasteiger partial charge in [0, 0.05) is 43.6 Å². The minimum absolute atomic E-state index is 0.0249. The van der Waals surface area contributed by atoms with Crippen LogP contribution in [0.1, 0.15) is 5.56 Å². The van der Waals surface area contributed by atoms with E-state index < -0.39 is 40.5 Å². The second-order valence-corrected chi connectivity index (χ2v) is 9.15. The largest absolute Gasteiger partial charge is 0.468 e. The van der Waals surface area contributed by atoms with Crippen LogP contribution < -0.4 is 14.8 Å². The summed E-state index contributed by atoms with van der Waals surface area (Å²) < 4.78 is 97.9. The number of hydrogen-bond acceptors (Lipinski definition) is 7. The standard InChI is InChI=1S/C17H18F5N5O3S2/c18-12-3-1-2-11(15(12)19)9-31-16-24-13(8-14(25-16)30-10-17(20,21)22)26-32(28,29)27-6-4-23-5-7-27/h1-3,8,23H,4-7,9-10H2,(H,24,25,26). The molecule has 32 heavy (non-hydrogen) atoms. The molecule has 1 saturated heterocycles. The molecule has 8 nitrogen and oxygen atoms in total. The lowest BCUT2D eigenvalue weighted by Gasteiger charge is -2.26. The first-order valence-corrected chi connectivity index (χ1v) is 11.6. The smallest absolute Gasteiger partial charge is 0.422 e. The fourth-order valence-electron chi connectivity index (χ4n) is 2.63. The predicted octanol–water partition coefficient (Wildman–Crippen LogP) is 2.55. The van der Waals surface area contributed by atoms with Crippen molar-refractivity contribution in [2.24, 2.45) is 0 Å². The Labute approximate surface area is 184 Å².